The summed E-state index contributed by atoms with van der Waals surface area (Å²) in [4.78, 5) is 0. The highest BCUT2D eigenvalue weighted by molar-refractivity contribution is 4.96. The maximum absolute atomic E-state index is 9.13. The molecule has 1 aromatic rings. The summed E-state index contributed by atoms with van der Waals surface area (Å²) in [6, 6.07) is 0. The van der Waals surface area contributed by atoms with E-state index in [1.807, 2.05) is 27.0 Å². The van der Waals surface area contributed by atoms with Gasteiger partial charge in [0.15, 0.2) is 0 Å². The van der Waals surface area contributed by atoms with E-state index in [0.717, 1.165) is 5.69 Å². The zero-order valence-corrected chi connectivity index (χ0v) is 10.9. The topological polar surface area (TPSA) is 83.2 Å². The van der Waals surface area contributed by atoms with Crippen molar-refractivity contribution in [3.8, 4) is 0 Å². The first-order valence-corrected chi connectivity index (χ1v) is 5.69. The Morgan fingerprint density at radius 1 is 1.24 bits per heavy atom. The van der Waals surface area contributed by atoms with Gasteiger partial charge in [-0.1, -0.05) is 5.21 Å². The van der Waals surface area contributed by atoms with E-state index in [9.17, 15) is 0 Å². The van der Waals surface area contributed by atoms with Crippen LogP contribution >= 0.6 is 0 Å². The first kappa shape index (κ1) is 14.1. The lowest BCUT2D eigenvalue weighted by atomic mass is 10.1. The summed E-state index contributed by atoms with van der Waals surface area (Å²) in [6.45, 7) is 8.10. The van der Waals surface area contributed by atoms with Crippen molar-refractivity contribution >= 4 is 0 Å². The third-order valence-electron chi connectivity index (χ3n) is 2.62. The van der Waals surface area contributed by atoms with Crippen LogP contribution in [-0.2, 0) is 12.1 Å². The lowest BCUT2D eigenvalue weighted by Crippen LogP contribution is -2.48. The van der Waals surface area contributed by atoms with E-state index in [2.05, 4.69) is 15.6 Å². The average molecular weight is 242 g/mol. The molecule has 0 aromatic carbocycles. The lowest BCUT2D eigenvalue weighted by Gasteiger charge is -2.25. The fraction of sp³-hybridized carbons (Fsp3) is 0.818. The highest BCUT2D eigenvalue weighted by atomic mass is 16.3. The van der Waals surface area contributed by atoms with Crippen LogP contribution in [0.5, 0.6) is 0 Å². The van der Waals surface area contributed by atoms with Crippen LogP contribution in [-0.4, -0.2) is 44.0 Å². The molecule has 0 aliphatic heterocycles. The number of hydrogen-bond acceptors (Lipinski definition) is 5. The van der Waals surface area contributed by atoms with Crippen LogP contribution in [0.2, 0.25) is 0 Å². The van der Waals surface area contributed by atoms with Crippen LogP contribution in [0, 0.1) is 0 Å². The van der Waals surface area contributed by atoms with E-state index in [0.29, 0.717) is 6.54 Å². The largest absolute Gasteiger partial charge is 0.394 e. The van der Waals surface area contributed by atoms with Gasteiger partial charge < -0.3 is 15.5 Å². The minimum absolute atomic E-state index is 0.0947. The van der Waals surface area contributed by atoms with E-state index in [-0.39, 0.29) is 18.8 Å². The normalized spacial score (nSPS) is 13.1. The van der Waals surface area contributed by atoms with Gasteiger partial charge in [-0.15, -0.1) is 5.10 Å². The zero-order chi connectivity index (χ0) is 13.1. The van der Waals surface area contributed by atoms with E-state index in [1.54, 1.807) is 11.6 Å². The minimum atomic E-state index is -0.689. The smallest absolute Gasteiger partial charge is 0.0965 e. The predicted octanol–water partition coefficient (Wildman–Crippen LogP) is -0.134. The number of nitrogens with one attached hydrogen (secondary N) is 1. The quantitative estimate of drug-likeness (QED) is 0.669. The Morgan fingerprint density at radius 2 is 1.82 bits per heavy atom. The van der Waals surface area contributed by atoms with Crippen LogP contribution in [0.25, 0.3) is 0 Å². The first-order chi connectivity index (χ1) is 7.80. The summed E-state index contributed by atoms with van der Waals surface area (Å²) in [5.41, 5.74) is 0.00152. The lowest BCUT2D eigenvalue weighted by molar-refractivity contribution is 0.103. The third-order valence-corrected chi connectivity index (χ3v) is 2.62. The van der Waals surface area contributed by atoms with Crippen molar-refractivity contribution in [2.45, 2.75) is 45.3 Å². The van der Waals surface area contributed by atoms with Crippen LogP contribution < -0.4 is 5.32 Å². The van der Waals surface area contributed by atoms with Gasteiger partial charge in [-0.25, -0.2) is 4.68 Å². The highest BCUT2D eigenvalue weighted by Gasteiger charge is 2.22. The standard InChI is InChI=1S/C11H22N4O2/c1-10(2,3)15-6-9(13-14-15)5-12-11(4,7-16)8-17/h6,12,16-17H,5,7-8H2,1-4H3. The SMILES string of the molecule is CC(CO)(CO)NCc1cn(C(C)(C)C)nn1. The van der Waals surface area contributed by atoms with Gasteiger partial charge in [-0.05, 0) is 27.7 Å². The molecule has 98 valence electrons. The second-order valence-corrected chi connectivity index (χ2v) is 5.56. The number of nitrogens with zero attached hydrogens (tertiary/aromatic N) is 3. The highest BCUT2D eigenvalue weighted by Crippen LogP contribution is 2.12. The zero-order valence-electron chi connectivity index (χ0n) is 10.9. The van der Waals surface area contributed by atoms with Crippen molar-refractivity contribution in [3.63, 3.8) is 0 Å². The van der Waals surface area contributed by atoms with Crippen LogP contribution in [0.1, 0.15) is 33.4 Å². The summed E-state index contributed by atoms with van der Waals surface area (Å²) in [5, 5.41) is 29.4. The maximum Gasteiger partial charge on any atom is 0.0965 e. The first-order valence-electron chi connectivity index (χ1n) is 5.69. The average Bonchev–Trinajstić information content (AvgIpc) is 2.74. The molecule has 17 heavy (non-hydrogen) atoms. The maximum atomic E-state index is 9.13. The van der Waals surface area contributed by atoms with Crippen molar-refractivity contribution in [1.82, 2.24) is 20.3 Å². The van der Waals surface area contributed by atoms with Gasteiger partial charge >= 0.3 is 0 Å². The molecular formula is C11H22N4O2. The van der Waals surface area contributed by atoms with E-state index >= 15 is 0 Å². The molecule has 6 heteroatoms. The van der Waals surface area contributed by atoms with E-state index in [1.165, 1.54) is 0 Å². The van der Waals surface area contributed by atoms with E-state index in [4.69, 9.17) is 10.2 Å². The molecule has 0 atom stereocenters. The Morgan fingerprint density at radius 3 is 2.24 bits per heavy atom. The Hall–Kier alpha value is -0.980. The number of aromatic nitrogens is 3. The van der Waals surface area contributed by atoms with Crippen molar-refractivity contribution in [2.75, 3.05) is 13.2 Å². The van der Waals surface area contributed by atoms with Gasteiger partial charge in [0.25, 0.3) is 0 Å². The van der Waals surface area contributed by atoms with Crippen LogP contribution in [0.3, 0.4) is 0 Å². The molecule has 1 heterocycles. The van der Waals surface area contributed by atoms with Gasteiger partial charge in [-0.3, -0.25) is 0 Å². The van der Waals surface area contributed by atoms with Crippen molar-refractivity contribution in [1.29, 1.82) is 0 Å². The van der Waals surface area contributed by atoms with Crippen LogP contribution in [0.15, 0.2) is 6.20 Å². The Balaban J connectivity index is 2.62. The summed E-state index contributed by atoms with van der Waals surface area (Å²) >= 11 is 0. The van der Waals surface area contributed by atoms with Gasteiger partial charge in [0.05, 0.1) is 36.2 Å². The molecule has 6 nitrogen and oxygen atoms in total. The molecule has 3 N–H and O–H groups in total. The molecule has 0 aliphatic carbocycles. The van der Waals surface area contributed by atoms with Crippen molar-refractivity contribution in [2.24, 2.45) is 0 Å². The Bertz CT molecular complexity index is 353. The molecule has 0 amide bonds. The molecule has 0 radical (unpaired) electrons. The van der Waals surface area contributed by atoms with Gasteiger partial charge in [0, 0.05) is 6.54 Å². The number of hydrogen-bond donors (Lipinski definition) is 3. The molecule has 0 saturated carbocycles. The summed E-state index contributed by atoms with van der Waals surface area (Å²) in [5.74, 6) is 0. The summed E-state index contributed by atoms with van der Waals surface area (Å²) in [6.07, 6.45) is 1.86. The molecule has 0 unspecified atom stereocenters. The third kappa shape index (κ3) is 3.76. The van der Waals surface area contributed by atoms with Crippen molar-refractivity contribution < 1.29 is 10.2 Å². The fourth-order valence-corrected chi connectivity index (χ4v) is 1.17. The Kier molecular flexibility index (Phi) is 4.24. The summed E-state index contributed by atoms with van der Waals surface area (Å²) in [7, 11) is 0. The van der Waals surface area contributed by atoms with E-state index < -0.39 is 5.54 Å². The van der Waals surface area contributed by atoms with Gasteiger partial charge in [0.1, 0.15) is 0 Å². The van der Waals surface area contributed by atoms with Gasteiger partial charge in [-0.2, -0.15) is 0 Å². The number of rotatable bonds is 5. The van der Waals surface area contributed by atoms with Gasteiger partial charge in [0.2, 0.25) is 0 Å². The molecule has 0 bridgehead atoms. The second-order valence-electron chi connectivity index (χ2n) is 5.56. The van der Waals surface area contributed by atoms with Crippen LogP contribution in [0.4, 0.5) is 0 Å². The minimum Gasteiger partial charge on any atom is -0.394 e. The molecule has 0 aliphatic rings. The van der Waals surface area contributed by atoms with Crippen molar-refractivity contribution in [3.05, 3.63) is 11.9 Å². The summed E-state index contributed by atoms with van der Waals surface area (Å²) < 4.78 is 1.79. The molecule has 1 aromatic heterocycles. The number of aliphatic hydroxyl groups excluding tert-OH is 2. The molecule has 0 spiro atoms. The molecule has 1 rings (SSSR count). The fourth-order valence-electron chi connectivity index (χ4n) is 1.17. The molecular weight excluding hydrogens is 220 g/mol. The monoisotopic (exact) mass is 242 g/mol. The molecule has 0 fully saturated rings. The Labute approximate surface area is 102 Å². The molecule has 0 saturated heterocycles. The second kappa shape index (κ2) is 5.12. The predicted molar refractivity (Wildman–Crippen MR) is 64.4 cm³/mol. The number of aliphatic hydroxyl groups is 2.